The lowest BCUT2D eigenvalue weighted by Gasteiger charge is -2.08. The average Bonchev–Trinajstić information content (AvgIpc) is 2.37. The Kier molecular flexibility index (Phi) is 5.84. The average molecular weight is 252 g/mol. The predicted octanol–water partition coefficient (Wildman–Crippen LogP) is 2.36. The number of aliphatic imine (C=N–C) groups is 1. The first-order valence-electron chi connectivity index (χ1n) is 5.91. The van der Waals surface area contributed by atoms with Crippen molar-refractivity contribution < 1.29 is 13.9 Å². The highest BCUT2D eigenvalue weighted by atomic mass is 19.1. The van der Waals surface area contributed by atoms with E-state index in [-0.39, 0.29) is 17.7 Å². The number of amides is 1. The minimum atomic E-state index is -0.378. The summed E-state index contributed by atoms with van der Waals surface area (Å²) in [6.45, 7) is 4.80. The molecule has 0 spiro atoms. The van der Waals surface area contributed by atoms with Crippen LogP contribution >= 0.6 is 0 Å². The van der Waals surface area contributed by atoms with Crippen molar-refractivity contribution in [2.45, 2.75) is 20.3 Å². The Balaban J connectivity index is 2.68. The maximum absolute atomic E-state index is 12.7. The van der Waals surface area contributed by atoms with Crippen molar-refractivity contribution in [2.75, 3.05) is 13.2 Å². The molecule has 0 bridgehead atoms. The smallest absolute Gasteiger partial charge is 0.291 e. The lowest BCUT2D eigenvalue weighted by atomic mass is 10.2. The second-order valence-corrected chi connectivity index (χ2v) is 3.58. The molecular weight excluding hydrogens is 235 g/mol. The predicted molar refractivity (Wildman–Crippen MR) is 68.1 cm³/mol. The van der Waals surface area contributed by atoms with Crippen LogP contribution in [0.2, 0.25) is 0 Å². The Morgan fingerprint density at radius 2 is 2.00 bits per heavy atom. The standard InChI is InChI=1S/C13H17FN2O2/c1-3-9-15-13(18-4-2)16-12(17)10-5-7-11(14)8-6-10/h5-8H,3-4,9H2,1-2H3,(H,15,16,17). The summed E-state index contributed by atoms with van der Waals surface area (Å²) in [5, 5.41) is 2.55. The number of rotatable bonds is 4. The van der Waals surface area contributed by atoms with E-state index in [4.69, 9.17) is 4.74 Å². The van der Waals surface area contributed by atoms with Crippen LogP contribution in [0.1, 0.15) is 30.6 Å². The van der Waals surface area contributed by atoms with Gasteiger partial charge in [0.1, 0.15) is 5.82 Å². The summed E-state index contributed by atoms with van der Waals surface area (Å²) in [7, 11) is 0. The molecule has 0 radical (unpaired) electrons. The van der Waals surface area contributed by atoms with Crippen molar-refractivity contribution >= 4 is 11.9 Å². The van der Waals surface area contributed by atoms with Crippen LogP contribution in [0.3, 0.4) is 0 Å². The number of carbonyl (C=O) groups is 1. The molecule has 0 aliphatic heterocycles. The number of nitrogens with one attached hydrogen (secondary N) is 1. The van der Waals surface area contributed by atoms with Gasteiger partial charge in [0.25, 0.3) is 11.9 Å². The maximum Gasteiger partial charge on any atom is 0.291 e. The molecule has 0 aliphatic carbocycles. The number of carbonyl (C=O) groups excluding carboxylic acids is 1. The second kappa shape index (κ2) is 7.42. The summed E-state index contributed by atoms with van der Waals surface area (Å²) in [4.78, 5) is 15.9. The summed E-state index contributed by atoms with van der Waals surface area (Å²) in [5.41, 5.74) is 0.361. The topological polar surface area (TPSA) is 50.7 Å². The summed E-state index contributed by atoms with van der Waals surface area (Å²) in [5.74, 6) is -0.741. The molecule has 0 aliphatic rings. The third-order valence-electron chi connectivity index (χ3n) is 2.09. The van der Waals surface area contributed by atoms with Crippen molar-refractivity contribution in [3.63, 3.8) is 0 Å². The molecule has 0 saturated heterocycles. The zero-order valence-electron chi connectivity index (χ0n) is 10.6. The van der Waals surface area contributed by atoms with Crippen LogP contribution in [0, 0.1) is 5.82 Å². The van der Waals surface area contributed by atoms with Gasteiger partial charge >= 0.3 is 0 Å². The fourth-order valence-corrected chi connectivity index (χ4v) is 1.24. The van der Waals surface area contributed by atoms with E-state index >= 15 is 0 Å². The Hall–Kier alpha value is -1.91. The summed E-state index contributed by atoms with van der Waals surface area (Å²) >= 11 is 0. The van der Waals surface area contributed by atoms with E-state index < -0.39 is 0 Å². The molecule has 0 atom stereocenters. The Morgan fingerprint density at radius 1 is 1.33 bits per heavy atom. The van der Waals surface area contributed by atoms with E-state index in [9.17, 15) is 9.18 Å². The highest BCUT2D eigenvalue weighted by Crippen LogP contribution is 2.02. The first-order valence-corrected chi connectivity index (χ1v) is 5.91. The molecule has 0 heterocycles. The van der Waals surface area contributed by atoms with Crippen LogP contribution in [0.25, 0.3) is 0 Å². The normalized spacial score (nSPS) is 11.2. The van der Waals surface area contributed by atoms with Crippen LogP contribution in [0.4, 0.5) is 4.39 Å². The van der Waals surface area contributed by atoms with Crippen LogP contribution in [0.5, 0.6) is 0 Å². The first kappa shape index (κ1) is 14.2. The minimum absolute atomic E-state index is 0.202. The summed E-state index contributed by atoms with van der Waals surface area (Å²) < 4.78 is 17.9. The molecule has 0 unspecified atom stereocenters. The van der Waals surface area contributed by atoms with E-state index in [1.807, 2.05) is 13.8 Å². The molecule has 0 aromatic heterocycles. The van der Waals surface area contributed by atoms with E-state index in [1.165, 1.54) is 24.3 Å². The molecule has 18 heavy (non-hydrogen) atoms. The largest absolute Gasteiger partial charge is 0.465 e. The van der Waals surface area contributed by atoms with E-state index in [0.29, 0.717) is 18.7 Å². The third kappa shape index (κ3) is 4.53. The number of nitrogens with zero attached hydrogens (tertiary/aromatic N) is 1. The molecule has 0 fully saturated rings. The number of amidine groups is 1. The molecule has 1 amide bonds. The SMILES string of the molecule is CCCN=C(NC(=O)c1ccc(F)cc1)OCC. The highest BCUT2D eigenvalue weighted by molar-refractivity contribution is 6.04. The highest BCUT2D eigenvalue weighted by Gasteiger charge is 2.09. The van der Waals surface area contributed by atoms with Gasteiger partial charge in [-0.15, -0.1) is 0 Å². The van der Waals surface area contributed by atoms with Gasteiger partial charge < -0.3 is 4.74 Å². The summed E-state index contributed by atoms with van der Waals surface area (Å²) in [6, 6.07) is 5.49. The number of benzene rings is 1. The zero-order chi connectivity index (χ0) is 13.4. The fraction of sp³-hybridized carbons (Fsp3) is 0.385. The molecule has 98 valence electrons. The Bertz CT molecular complexity index is 416. The Labute approximate surface area is 106 Å². The molecular formula is C13H17FN2O2. The van der Waals surface area contributed by atoms with Crippen LogP contribution < -0.4 is 5.32 Å². The molecule has 1 N–H and O–H groups in total. The van der Waals surface area contributed by atoms with Crippen LogP contribution in [-0.4, -0.2) is 25.1 Å². The van der Waals surface area contributed by atoms with E-state index in [0.717, 1.165) is 6.42 Å². The second-order valence-electron chi connectivity index (χ2n) is 3.58. The van der Waals surface area contributed by atoms with Gasteiger partial charge in [-0.3, -0.25) is 10.1 Å². The van der Waals surface area contributed by atoms with Gasteiger partial charge in [-0.2, -0.15) is 0 Å². The van der Waals surface area contributed by atoms with Gasteiger partial charge in [-0.25, -0.2) is 9.38 Å². The van der Waals surface area contributed by atoms with E-state index in [1.54, 1.807) is 0 Å². The van der Waals surface area contributed by atoms with Crippen LogP contribution in [-0.2, 0) is 4.74 Å². The number of ether oxygens (including phenoxy) is 1. The van der Waals surface area contributed by atoms with Gasteiger partial charge in [-0.1, -0.05) is 6.92 Å². The molecule has 0 saturated carbocycles. The fourth-order valence-electron chi connectivity index (χ4n) is 1.24. The molecule has 5 heteroatoms. The lowest BCUT2D eigenvalue weighted by molar-refractivity contribution is 0.0966. The number of hydrogen-bond acceptors (Lipinski definition) is 3. The molecule has 1 rings (SSSR count). The molecule has 1 aromatic carbocycles. The first-order chi connectivity index (χ1) is 8.67. The van der Waals surface area contributed by atoms with Crippen molar-refractivity contribution in [3.8, 4) is 0 Å². The van der Waals surface area contributed by atoms with E-state index in [2.05, 4.69) is 10.3 Å². The number of halogens is 1. The van der Waals surface area contributed by atoms with Crippen LogP contribution in [0.15, 0.2) is 29.3 Å². The van der Waals surface area contributed by atoms with Crippen molar-refractivity contribution in [1.29, 1.82) is 0 Å². The lowest BCUT2D eigenvalue weighted by Crippen LogP contribution is -2.32. The van der Waals surface area contributed by atoms with Crippen molar-refractivity contribution in [3.05, 3.63) is 35.6 Å². The van der Waals surface area contributed by atoms with Gasteiger partial charge in [0.05, 0.1) is 6.61 Å². The molecule has 4 nitrogen and oxygen atoms in total. The van der Waals surface area contributed by atoms with Gasteiger partial charge in [0, 0.05) is 12.1 Å². The third-order valence-corrected chi connectivity index (χ3v) is 2.09. The van der Waals surface area contributed by atoms with Gasteiger partial charge in [0.15, 0.2) is 0 Å². The number of hydrogen-bond donors (Lipinski definition) is 1. The maximum atomic E-state index is 12.7. The van der Waals surface area contributed by atoms with Gasteiger partial charge in [-0.05, 0) is 37.6 Å². The Morgan fingerprint density at radius 3 is 2.56 bits per heavy atom. The van der Waals surface area contributed by atoms with Gasteiger partial charge in [0.2, 0.25) is 0 Å². The zero-order valence-corrected chi connectivity index (χ0v) is 10.6. The quantitative estimate of drug-likeness (QED) is 0.660. The monoisotopic (exact) mass is 252 g/mol. The van der Waals surface area contributed by atoms with Crippen molar-refractivity contribution in [2.24, 2.45) is 4.99 Å². The minimum Gasteiger partial charge on any atom is -0.465 e. The summed E-state index contributed by atoms with van der Waals surface area (Å²) in [6.07, 6.45) is 0.864. The van der Waals surface area contributed by atoms with Crippen molar-refractivity contribution in [1.82, 2.24) is 5.32 Å². The molecule has 1 aromatic rings.